The van der Waals surface area contributed by atoms with Gasteiger partial charge in [0.25, 0.3) is 0 Å². The Balaban J connectivity index is 0.00000126. The van der Waals surface area contributed by atoms with Gasteiger partial charge >= 0.3 is 0 Å². The Morgan fingerprint density at radius 1 is 1.07 bits per heavy atom. The number of hydrogen-bond donors (Lipinski definition) is 3. The van der Waals surface area contributed by atoms with Crippen LogP contribution in [0.5, 0.6) is 5.75 Å². The minimum atomic E-state index is 0.0646. The van der Waals surface area contributed by atoms with Crippen molar-refractivity contribution < 1.29 is 5.11 Å². The number of fused-ring (bicyclic) bond motifs is 1. The van der Waals surface area contributed by atoms with Gasteiger partial charge in [-0.1, -0.05) is 38.1 Å². The van der Waals surface area contributed by atoms with Gasteiger partial charge in [-0.2, -0.15) is 11.8 Å². The number of phenols is 1. The van der Waals surface area contributed by atoms with E-state index in [9.17, 15) is 5.11 Å². The molecule has 0 aliphatic heterocycles. The van der Waals surface area contributed by atoms with Crippen molar-refractivity contribution in [3.63, 3.8) is 0 Å². The number of para-hydroxylation sites is 2. The zero-order chi connectivity index (χ0) is 19.6. The molecule has 1 atom stereocenters. The maximum absolute atomic E-state index is 10.1. The normalized spacial score (nSPS) is 11.6. The molecule has 5 nitrogen and oxygen atoms in total. The molecule has 1 aromatic heterocycles. The predicted molar refractivity (Wildman–Crippen MR) is 117 cm³/mol. The van der Waals surface area contributed by atoms with Crippen LogP contribution in [-0.4, -0.2) is 39.7 Å². The van der Waals surface area contributed by atoms with Crippen molar-refractivity contribution in [1.29, 1.82) is 0 Å². The molecule has 0 bridgehead atoms. The van der Waals surface area contributed by atoms with Crippen LogP contribution in [0.2, 0.25) is 0 Å². The zero-order valence-electron chi connectivity index (χ0n) is 16.1. The van der Waals surface area contributed by atoms with Gasteiger partial charge in [-0.25, -0.2) is 9.97 Å². The fraction of sp³-hybridized carbons (Fsp3) is 0.333. The highest BCUT2D eigenvalue weighted by molar-refractivity contribution is 7.98. The quantitative estimate of drug-likeness (QED) is 0.555. The molecule has 0 saturated heterocycles. The number of nitrogens with one attached hydrogen (secondary N) is 1. The lowest BCUT2D eigenvalue weighted by atomic mass is 10.1. The highest BCUT2D eigenvalue weighted by atomic mass is 32.2. The van der Waals surface area contributed by atoms with Crippen LogP contribution in [0.3, 0.4) is 0 Å². The smallest absolute Gasteiger partial charge is 0.165 e. The van der Waals surface area contributed by atoms with Crippen LogP contribution in [0.25, 0.3) is 22.3 Å². The SMILES string of the molecule is CC.CSCC[C@@H](N)CNc1nc(-c2ccccc2O)nc2ccccc12. The molecule has 0 radical (unpaired) electrons. The molecule has 4 N–H and O–H groups in total. The van der Waals surface area contributed by atoms with Crippen molar-refractivity contribution in [1.82, 2.24) is 9.97 Å². The molecule has 0 saturated carbocycles. The number of aromatic hydroxyl groups is 1. The highest BCUT2D eigenvalue weighted by Gasteiger charge is 2.12. The summed E-state index contributed by atoms with van der Waals surface area (Å²) in [6.45, 7) is 4.64. The van der Waals surface area contributed by atoms with Gasteiger partial charge in [0.05, 0.1) is 11.1 Å². The van der Waals surface area contributed by atoms with Crippen molar-refractivity contribution in [2.45, 2.75) is 26.3 Å². The Hall–Kier alpha value is -2.31. The second-order valence-corrected chi connectivity index (χ2v) is 6.84. The van der Waals surface area contributed by atoms with Crippen LogP contribution in [0.4, 0.5) is 5.82 Å². The molecule has 0 unspecified atom stereocenters. The van der Waals surface area contributed by atoms with Crippen LogP contribution >= 0.6 is 11.8 Å². The summed E-state index contributed by atoms with van der Waals surface area (Å²) in [6.07, 6.45) is 3.03. The molecular formula is C21H28N4OS. The summed E-state index contributed by atoms with van der Waals surface area (Å²) < 4.78 is 0. The first kappa shape index (κ1) is 21.0. The lowest BCUT2D eigenvalue weighted by Crippen LogP contribution is -2.30. The summed E-state index contributed by atoms with van der Waals surface area (Å²) in [5, 5.41) is 14.4. The Kier molecular flexibility index (Phi) is 8.36. The first-order chi connectivity index (χ1) is 13.2. The standard InChI is InChI=1S/C19H22N4OS.C2H6/c1-25-11-10-13(20)12-21-18-14-6-2-4-8-16(14)22-19(23-18)15-7-3-5-9-17(15)24;1-2/h2-9,13,24H,10-12,20H2,1H3,(H,21,22,23);1-2H3/t13-;/m1./s1. The number of phenolic OH excluding ortho intramolecular Hbond substituents is 1. The van der Waals surface area contributed by atoms with Crippen molar-refractivity contribution in [3.05, 3.63) is 48.5 Å². The van der Waals surface area contributed by atoms with Crippen molar-refractivity contribution in [2.75, 3.05) is 23.9 Å². The molecule has 6 heteroatoms. The first-order valence-electron chi connectivity index (χ1n) is 9.22. The molecule has 2 aromatic carbocycles. The van der Waals surface area contributed by atoms with Gasteiger partial charge in [-0.3, -0.25) is 0 Å². The lowest BCUT2D eigenvalue weighted by molar-refractivity contribution is 0.477. The summed E-state index contributed by atoms with van der Waals surface area (Å²) >= 11 is 1.79. The zero-order valence-corrected chi connectivity index (χ0v) is 17.0. The van der Waals surface area contributed by atoms with E-state index in [-0.39, 0.29) is 11.8 Å². The molecule has 3 aromatic rings. The van der Waals surface area contributed by atoms with E-state index in [1.54, 1.807) is 23.9 Å². The molecule has 0 aliphatic rings. The van der Waals surface area contributed by atoms with E-state index in [0.29, 0.717) is 17.9 Å². The summed E-state index contributed by atoms with van der Waals surface area (Å²) in [6, 6.07) is 15.0. The van der Waals surface area contributed by atoms with E-state index in [0.717, 1.165) is 28.9 Å². The molecule has 0 spiro atoms. The van der Waals surface area contributed by atoms with Crippen LogP contribution < -0.4 is 11.1 Å². The van der Waals surface area contributed by atoms with E-state index in [1.807, 2.05) is 50.2 Å². The number of nitrogens with zero attached hydrogens (tertiary/aromatic N) is 2. The number of benzene rings is 2. The summed E-state index contributed by atoms with van der Waals surface area (Å²) in [7, 11) is 0. The molecule has 0 aliphatic carbocycles. The Labute approximate surface area is 165 Å². The minimum Gasteiger partial charge on any atom is -0.507 e. The van der Waals surface area contributed by atoms with E-state index < -0.39 is 0 Å². The fourth-order valence-corrected chi connectivity index (χ4v) is 3.13. The number of nitrogens with two attached hydrogens (primary N) is 1. The Bertz CT molecular complexity index is 856. The Morgan fingerprint density at radius 2 is 1.78 bits per heavy atom. The van der Waals surface area contributed by atoms with Gasteiger partial charge in [0.1, 0.15) is 11.6 Å². The lowest BCUT2D eigenvalue weighted by Gasteiger charge is -2.15. The number of anilines is 1. The van der Waals surface area contributed by atoms with Crippen LogP contribution in [-0.2, 0) is 0 Å². The second kappa shape index (κ2) is 10.7. The summed E-state index contributed by atoms with van der Waals surface area (Å²) in [5.41, 5.74) is 7.61. The van der Waals surface area contributed by atoms with Crippen LogP contribution in [0.15, 0.2) is 48.5 Å². The van der Waals surface area contributed by atoms with E-state index >= 15 is 0 Å². The number of hydrogen-bond acceptors (Lipinski definition) is 6. The summed E-state index contributed by atoms with van der Waals surface area (Å²) in [4.78, 5) is 9.24. The molecular weight excluding hydrogens is 356 g/mol. The van der Waals surface area contributed by atoms with E-state index in [1.165, 1.54) is 0 Å². The maximum Gasteiger partial charge on any atom is 0.165 e. The third-order valence-corrected chi connectivity index (χ3v) is 4.62. The van der Waals surface area contributed by atoms with Gasteiger partial charge < -0.3 is 16.2 Å². The summed E-state index contributed by atoms with van der Waals surface area (Å²) in [5.74, 6) is 2.44. The van der Waals surface area contributed by atoms with E-state index in [2.05, 4.69) is 21.5 Å². The average molecular weight is 385 g/mol. The van der Waals surface area contributed by atoms with Gasteiger partial charge in [0, 0.05) is 18.0 Å². The van der Waals surface area contributed by atoms with Crippen molar-refractivity contribution in [3.8, 4) is 17.1 Å². The monoisotopic (exact) mass is 384 g/mol. The molecule has 1 heterocycles. The van der Waals surface area contributed by atoms with Crippen molar-refractivity contribution in [2.24, 2.45) is 5.73 Å². The van der Waals surface area contributed by atoms with Gasteiger partial charge in [-0.05, 0) is 42.7 Å². The number of thioether (sulfide) groups is 1. The molecule has 0 fully saturated rings. The topological polar surface area (TPSA) is 84.1 Å². The van der Waals surface area contributed by atoms with E-state index in [4.69, 9.17) is 5.73 Å². The van der Waals surface area contributed by atoms with Gasteiger partial charge in [0.15, 0.2) is 5.82 Å². The Morgan fingerprint density at radius 3 is 2.52 bits per heavy atom. The third-order valence-electron chi connectivity index (χ3n) is 3.97. The highest BCUT2D eigenvalue weighted by Crippen LogP contribution is 2.29. The largest absolute Gasteiger partial charge is 0.507 e. The second-order valence-electron chi connectivity index (χ2n) is 5.85. The van der Waals surface area contributed by atoms with Gasteiger partial charge in [-0.15, -0.1) is 0 Å². The first-order valence-corrected chi connectivity index (χ1v) is 10.6. The number of rotatable bonds is 7. The molecule has 27 heavy (non-hydrogen) atoms. The van der Waals surface area contributed by atoms with Gasteiger partial charge in [0.2, 0.25) is 0 Å². The third kappa shape index (κ3) is 5.58. The predicted octanol–water partition coefficient (Wildman–Crippen LogP) is 4.52. The number of aromatic nitrogens is 2. The van der Waals surface area contributed by atoms with Crippen LogP contribution in [0, 0.1) is 0 Å². The average Bonchev–Trinajstić information content (AvgIpc) is 2.72. The minimum absolute atomic E-state index is 0.0646. The molecule has 3 rings (SSSR count). The maximum atomic E-state index is 10.1. The van der Waals surface area contributed by atoms with Crippen LogP contribution in [0.1, 0.15) is 20.3 Å². The molecule has 144 valence electrons. The van der Waals surface area contributed by atoms with Crippen molar-refractivity contribution >= 4 is 28.5 Å². The molecule has 0 amide bonds. The fourth-order valence-electron chi connectivity index (χ4n) is 2.59.